The van der Waals surface area contributed by atoms with Gasteiger partial charge in [0.1, 0.15) is 17.4 Å². The van der Waals surface area contributed by atoms with E-state index < -0.39 is 5.54 Å². The molecular weight excluding hydrogens is 410 g/mol. The number of rotatable bonds is 3. The van der Waals surface area contributed by atoms with E-state index in [-0.39, 0.29) is 18.1 Å². The Labute approximate surface area is 195 Å². The molecule has 0 aliphatic carbocycles. The van der Waals surface area contributed by atoms with Crippen molar-refractivity contribution in [1.29, 1.82) is 0 Å². The van der Waals surface area contributed by atoms with Crippen molar-refractivity contribution in [2.24, 2.45) is 0 Å². The number of carbonyl (C=O) groups excluding carboxylic acids is 1. The number of carbonyl (C=O) groups is 1. The van der Waals surface area contributed by atoms with Crippen LogP contribution in [-0.2, 0) is 4.79 Å². The Morgan fingerprint density at radius 3 is 2.27 bits per heavy atom. The summed E-state index contributed by atoms with van der Waals surface area (Å²) in [4.78, 5) is 17.9. The average molecular weight is 440 g/mol. The van der Waals surface area contributed by atoms with E-state index in [1.807, 2.05) is 24.3 Å². The number of para-hydroxylation sites is 2. The van der Waals surface area contributed by atoms with E-state index in [2.05, 4.69) is 75.8 Å². The summed E-state index contributed by atoms with van der Waals surface area (Å²) in [5, 5.41) is 3.12. The van der Waals surface area contributed by atoms with Crippen LogP contribution in [0.2, 0.25) is 0 Å². The molecule has 2 atom stereocenters. The molecule has 3 heterocycles. The van der Waals surface area contributed by atoms with Crippen LogP contribution in [0.3, 0.4) is 0 Å². The Morgan fingerprint density at radius 1 is 0.848 bits per heavy atom. The van der Waals surface area contributed by atoms with Gasteiger partial charge in [0.25, 0.3) is 0 Å². The monoisotopic (exact) mass is 439 g/mol. The normalized spacial score (nSPS) is 24.2. The molecule has 33 heavy (non-hydrogen) atoms. The fraction of sp³-hybridized carbons (Fsp3) is 0.321. The molecule has 3 aromatic carbocycles. The van der Waals surface area contributed by atoms with Crippen molar-refractivity contribution in [2.45, 2.75) is 36.9 Å². The summed E-state index contributed by atoms with van der Waals surface area (Å²) in [6.45, 7) is 2.35. The zero-order chi connectivity index (χ0) is 22.3. The van der Waals surface area contributed by atoms with Gasteiger partial charge in [-0.05, 0) is 36.6 Å². The second kappa shape index (κ2) is 8.23. The Morgan fingerprint density at radius 2 is 1.52 bits per heavy atom. The first-order valence-corrected chi connectivity index (χ1v) is 11.9. The van der Waals surface area contributed by atoms with Crippen LogP contribution < -0.4 is 15.0 Å². The summed E-state index contributed by atoms with van der Waals surface area (Å²) >= 11 is 0. The first kappa shape index (κ1) is 20.3. The lowest BCUT2D eigenvalue weighted by molar-refractivity contribution is -0.125. The van der Waals surface area contributed by atoms with Crippen LogP contribution in [0, 0.1) is 0 Å². The Kier molecular flexibility index (Phi) is 5.07. The van der Waals surface area contributed by atoms with Crippen molar-refractivity contribution >= 4 is 11.6 Å². The van der Waals surface area contributed by atoms with Gasteiger partial charge in [0.15, 0.2) is 0 Å². The summed E-state index contributed by atoms with van der Waals surface area (Å²) in [5.41, 5.74) is 3.14. The third-order valence-corrected chi connectivity index (χ3v) is 7.63. The van der Waals surface area contributed by atoms with Crippen LogP contribution >= 0.6 is 0 Å². The molecule has 0 radical (unpaired) electrons. The minimum Gasteiger partial charge on any atom is -0.485 e. The van der Waals surface area contributed by atoms with Gasteiger partial charge in [-0.1, -0.05) is 66.7 Å². The van der Waals surface area contributed by atoms with Crippen molar-refractivity contribution < 1.29 is 9.53 Å². The van der Waals surface area contributed by atoms with Crippen molar-refractivity contribution in [3.63, 3.8) is 0 Å². The fourth-order valence-electron chi connectivity index (χ4n) is 5.85. The van der Waals surface area contributed by atoms with Crippen molar-refractivity contribution in [3.8, 4) is 5.75 Å². The van der Waals surface area contributed by atoms with Crippen LogP contribution in [0.5, 0.6) is 5.75 Å². The molecule has 168 valence electrons. The molecular formula is C28H29N3O2. The average Bonchev–Trinajstić information content (AvgIpc) is 3.20. The van der Waals surface area contributed by atoms with Crippen LogP contribution in [0.1, 0.15) is 42.5 Å². The van der Waals surface area contributed by atoms with Gasteiger partial charge >= 0.3 is 0 Å². The second-order valence-corrected chi connectivity index (χ2v) is 9.30. The quantitative estimate of drug-likeness (QED) is 0.644. The standard InChI is InChI=1S/C28H29N3O2/c32-27-28(31(20-29-27)22-11-5-2-6-12-22)15-17-30(18-16-28)24-19-26(21-9-3-1-4-10-21)33-25-14-8-7-13-23(24)25/h1-14,24,26H,15-20H2,(H,29,32)/t24-,26-/m0/s1. The largest absolute Gasteiger partial charge is 0.485 e. The van der Waals surface area contributed by atoms with Gasteiger partial charge in [0, 0.05) is 36.8 Å². The molecule has 6 rings (SSSR count). The van der Waals surface area contributed by atoms with Crippen LogP contribution in [0.4, 0.5) is 5.69 Å². The molecule has 0 saturated carbocycles. The summed E-state index contributed by atoms with van der Waals surface area (Å²) in [5.74, 6) is 1.15. The third-order valence-electron chi connectivity index (χ3n) is 7.63. The second-order valence-electron chi connectivity index (χ2n) is 9.30. The predicted octanol–water partition coefficient (Wildman–Crippen LogP) is 4.68. The highest BCUT2D eigenvalue weighted by Crippen LogP contribution is 2.46. The van der Waals surface area contributed by atoms with Crippen molar-refractivity contribution in [1.82, 2.24) is 10.2 Å². The molecule has 0 aromatic heterocycles. The van der Waals surface area contributed by atoms with Gasteiger partial charge in [0.05, 0.1) is 6.67 Å². The molecule has 2 fully saturated rings. The Hall–Kier alpha value is -3.31. The summed E-state index contributed by atoms with van der Waals surface area (Å²) in [6, 6.07) is 29.6. The number of hydrogen-bond acceptors (Lipinski definition) is 4. The molecule has 5 nitrogen and oxygen atoms in total. The zero-order valence-electron chi connectivity index (χ0n) is 18.7. The number of likely N-dealkylation sites (tertiary alicyclic amines) is 1. The van der Waals surface area contributed by atoms with E-state index in [4.69, 9.17) is 4.74 Å². The van der Waals surface area contributed by atoms with Gasteiger partial charge in [-0.15, -0.1) is 0 Å². The molecule has 1 spiro atoms. The van der Waals surface area contributed by atoms with Crippen LogP contribution in [0.15, 0.2) is 84.9 Å². The van der Waals surface area contributed by atoms with Crippen LogP contribution in [0.25, 0.3) is 0 Å². The minimum absolute atomic E-state index is 0.0394. The van der Waals surface area contributed by atoms with Crippen molar-refractivity contribution in [2.75, 3.05) is 24.7 Å². The van der Waals surface area contributed by atoms with Crippen LogP contribution in [-0.4, -0.2) is 36.1 Å². The summed E-state index contributed by atoms with van der Waals surface area (Å²) < 4.78 is 6.43. The molecule has 5 heteroatoms. The number of piperidine rings is 1. The lowest BCUT2D eigenvalue weighted by atomic mass is 9.83. The molecule has 0 bridgehead atoms. The maximum Gasteiger partial charge on any atom is 0.247 e. The smallest absolute Gasteiger partial charge is 0.247 e. The van der Waals surface area contributed by atoms with Crippen molar-refractivity contribution in [3.05, 3.63) is 96.1 Å². The van der Waals surface area contributed by atoms with E-state index in [1.54, 1.807) is 0 Å². The topological polar surface area (TPSA) is 44.8 Å². The van der Waals surface area contributed by atoms with Gasteiger partial charge in [-0.2, -0.15) is 0 Å². The molecule has 3 aromatic rings. The molecule has 1 N–H and O–H groups in total. The number of nitrogens with zero attached hydrogens (tertiary/aromatic N) is 2. The highest BCUT2D eigenvalue weighted by molar-refractivity contribution is 5.93. The molecule has 3 aliphatic rings. The van der Waals surface area contributed by atoms with E-state index in [0.29, 0.717) is 6.67 Å². The van der Waals surface area contributed by atoms with Gasteiger partial charge in [-0.25, -0.2) is 0 Å². The fourth-order valence-corrected chi connectivity index (χ4v) is 5.85. The molecule has 0 unspecified atom stereocenters. The maximum atomic E-state index is 13.1. The first-order valence-electron chi connectivity index (χ1n) is 11.9. The summed E-state index contributed by atoms with van der Waals surface area (Å²) in [7, 11) is 0. The highest BCUT2D eigenvalue weighted by Gasteiger charge is 2.51. The number of amides is 1. The number of nitrogens with one attached hydrogen (secondary N) is 1. The van der Waals surface area contributed by atoms with Gasteiger partial charge in [0.2, 0.25) is 5.91 Å². The number of anilines is 1. The number of benzene rings is 3. The summed E-state index contributed by atoms with van der Waals surface area (Å²) in [6.07, 6.45) is 2.60. The number of fused-ring (bicyclic) bond motifs is 1. The number of ether oxygens (including phenoxy) is 1. The molecule has 3 aliphatic heterocycles. The lowest BCUT2D eigenvalue weighted by Crippen LogP contribution is -2.57. The highest BCUT2D eigenvalue weighted by atomic mass is 16.5. The lowest BCUT2D eigenvalue weighted by Gasteiger charge is -2.47. The van der Waals surface area contributed by atoms with Gasteiger partial charge in [-0.3, -0.25) is 9.69 Å². The maximum absolute atomic E-state index is 13.1. The van der Waals surface area contributed by atoms with E-state index >= 15 is 0 Å². The Bertz CT molecular complexity index is 1130. The Balaban J connectivity index is 1.26. The van der Waals surface area contributed by atoms with E-state index in [9.17, 15) is 4.79 Å². The number of hydrogen-bond donors (Lipinski definition) is 1. The SMILES string of the molecule is O=C1NCN(c2ccccc2)C12CCN([C@H]1C[C@@H](c3ccccc3)Oc3ccccc31)CC2. The van der Waals surface area contributed by atoms with E-state index in [0.717, 1.165) is 43.8 Å². The molecule has 2 saturated heterocycles. The van der Waals surface area contributed by atoms with Gasteiger partial charge < -0.3 is 15.0 Å². The third kappa shape index (κ3) is 3.47. The molecule has 1 amide bonds. The van der Waals surface area contributed by atoms with E-state index in [1.165, 1.54) is 11.1 Å². The minimum atomic E-state index is -0.457. The zero-order valence-corrected chi connectivity index (χ0v) is 18.7. The first-order chi connectivity index (χ1) is 16.2. The predicted molar refractivity (Wildman–Crippen MR) is 129 cm³/mol.